The van der Waals surface area contributed by atoms with E-state index in [1.807, 2.05) is 30.0 Å². The van der Waals surface area contributed by atoms with Crippen molar-refractivity contribution >= 4 is 17.2 Å². The van der Waals surface area contributed by atoms with E-state index in [1.165, 1.54) is 6.20 Å². The number of hydrogen-bond acceptors (Lipinski definition) is 7. The molecule has 0 spiro atoms. The van der Waals surface area contributed by atoms with E-state index in [9.17, 15) is 10.1 Å². The van der Waals surface area contributed by atoms with E-state index in [0.29, 0.717) is 43.0 Å². The maximum absolute atomic E-state index is 12.4. The minimum atomic E-state index is -0.176. The zero-order chi connectivity index (χ0) is 23.4. The first kappa shape index (κ1) is 22.3. The van der Waals surface area contributed by atoms with Gasteiger partial charge in [-0.05, 0) is 18.2 Å². The zero-order valence-electron chi connectivity index (χ0n) is 18.5. The van der Waals surface area contributed by atoms with Crippen molar-refractivity contribution in [3.8, 4) is 22.9 Å². The highest BCUT2D eigenvalue weighted by atomic mass is 16.5. The molecule has 9 heteroatoms. The molecular formula is C24H26N6O3. The van der Waals surface area contributed by atoms with Crippen LogP contribution < -0.4 is 9.64 Å². The summed E-state index contributed by atoms with van der Waals surface area (Å²) < 4.78 is 7.19. The number of aliphatic hydroxyl groups is 1. The van der Waals surface area contributed by atoms with Crippen molar-refractivity contribution in [1.29, 1.82) is 5.26 Å². The molecule has 9 nitrogen and oxygen atoms in total. The molecule has 1 atom stereocenters. The second-order valence-corrected chi connectivity index (χ2v) is 7.87. The summed E-state index contributed by atoms with van der Waals surface area (Å²) in [6.45, 7) is 8.34. The second-order valence-electron chi connectivity index (χ2n) is 7.87. The van der Waals surface area contributed by atoms with E-state index >= 15 is 0 Å². The molecule has 1 fully saturated rings. The highest BCUT2D eigenvalue weighted by Gasteiger charge is 2.24. The zero-order valence-corrected chi connectivity index (χ0v) is 18.5. The molecule has 0 radical (unpaired) electrons. The van der Waals surface area contributed by atoms with Gasteiger partial charge in [-0.1, -0.05) is 13.0 Å². The molecule has 1 N–H and O–H groups in total. The van der Waals surface area contributed by atoms with Crippen LogP contribution in [0.15, 0.2) is 49.4 Å². The van der Waals surface area contributed by atoms with Gasteiger partial charge in [0.05, 0.1) is 36.0 Å². The molecule has 33 heavy (non-hydrogen) atoms. The van der Waals surface area contributed by atoms with Crippen LogP contribution in [-0.2, 0) is 4.79 Å². The number of nitrogens with zero attached hydrogens (tertiary/aromatic N) is 6. The third-order valence-corrected chi connectivity index (χ3v) is 5.78. The van der Waals surface area contributed by atoms with Crippen LogP contribution in [0.25, 0.3) is 16.6 Å². The fourth-order valence-corrected chi connectivity index (χ4v) is 3.92. The third kappa shape index (κ3) is 4.52. The first-order chi connectivity index (χ1) is 16.0. The molecule has 0 saturated carbocycles. The number of rotatable bonds is 7. The fourth-order valence-electron chi connectivity index (χ4n) is 3.92. The van der Waals surface area contributed by atoms with E-state index in [0.717, 1.165) is 16.9 Å². The molecule has 3 aromatic rings. The minimum absolute atomic E-state index is 0.0997. The quantitative estimate of drug-likeness (QED) is 0.554. The molecule has 1 unspecified atom stereocenters. The highest BCUT2D eigenvalue weighted by molar-refractivity contribution is 5.85. The first-order valence-corrected chi connectivity index (χ1v) is 10.8. The van der Waals surface area contributed by atoms with Gasteiger partial charge >= 0.3 is 0 Å². The van der Waals surface area contributed by atoms with Gasteiger partial charge < -0.3 is 19.6 Å². The number of nitriles is 1. The van der Waals surface area contributed by atoms with E-state index in [-0.39, 0.29) is 25.0 Å². The van der Waals surface area contributed by atoms with Crippen LogP contribution in [-0.4, -0.2) is 69.9 Å². The average Bonchev–Trinajstić information content (AvgIpc) is 3.29. The largest absolute Gasteiger partial charge is 0.490 e. The summed E-state index contributed by atoms with van der Waals surface area (Å²) >= 11 is 0. The van der Waals surface area contributed by atoms with Gasteiger partial charge in [0.15, 0.2) is 0 Å². The standard InChI is InChI=1S/C24H26N6O3/c1-3-17(2)24(32)29-8-6-28(7-9-29)22-5-4-18(14-26-22)21-12-20(33-11-10-31)16-30-23(21)19(13-25)15-27-30/h3-5,12,14-17,31H,1,6-11H2,2H3. The van der Waals surface area contributed by atoms with Gasteiger partial charge in [-0.25, -0.2) is 9.50 Å². The minimum Gasteiger partial charge on any atom is -0.490 e. The molecule has 4 heterocycles. The van der Waals surface area contributed by atoms with Crippen molar-refractivity contribution in [2.75, 3.05) is 44.3 Å². The Kier molecular flexibility index (Phi) is 6.56. The van der Waals surface area contributed by atoms with E-state index in [2.05, 4.69) is 27.6 Å². The Balaban J connectivity index is 1.56. The van der Waals surface area contributed by atoms with Gasteiger partial charge in [-0.15, -0.1) is 6.58 Å². The molecular weight excluding hydrogens is 420 g/mol. The number of pyridine rings is 2. The maximum atomic E-state index is 12.4. The van der Waals surface area contributed by atoms with E-state index in [4.69, 9.17) is 9.84 Å². The van der Waals surface area contributed by atoms with Crippen molar-refractivity contribution in [3.05, 3.63) is 55.0 Å². The molecule has 1 aliphatic heterocycles. The van der Waals surface area contributed by atoms with Gasteiger partial charge in [0.1, 0.15) is 24.2 Å². The Morgan fingerprint density at radius 1 is 1.33 bits per heavy atom. The number of aliphatic hydroxyl groups excluding tert-OH is 1. The number of carbonyl (C=O) groups excluding carboxylic acids is 1. The molecule has 0 bridgehead atoms. The molecule has 4 rings (SSSR count). The Morgan fingerprint density at radius 2 is 2.12 bits per heavy atom. The lowest BCUT2D eigenvalue weighted by molar-refractivity contribution is -0.133. The molecule has 1 amide bonds. The van der Waals surface area contributed by atoms with Crippen molar-refractivity contribution in [3.63, 3.8) is 0 Å². The van der Waals surface area contributed by atoms with E-state index in [1.54, 1.807) is 23.0 Å². The van der Waals surface area contributed by atoms with Gasteiger partial charge in [0.25, 0.3) is 0 Å². The topological polar surface area (TPSA) is 107 Å². The molecule has 3 aromatic heterocycles. The van der Waals surface area contributed by atoms with Gasteiger partial charge in [-0.2, -0.15) is 10.4 Å². The lowest BCUT2D eigenvalue weighted by Crippen LogP contribution is -2.50. The van der Waals surface area contributed by atoms with E-state index < -0.39 is 0 Å². The predicted octanol–water partition coefficient (Wildman–Crippen LogP) is 2.11. The lowest BCUT2D eigenvalue weighted by atomic mass is 10.1. The third-order valence-electron chi connectivity index (χ3n) is 5.78. The van der Waals surface area contributed by atoms with Crippen molar-refractivity contribution in [2.24, 2.45) is 5.92 Å². The van der Waals surface area contributed by atoms with Crippen LogP contribution in [0.2, 0.25) is 0 Å². The number of carbonyl (C=O) groups is 1. The number of hydrogen-bond donors (Lipinski definition) is 1. The number of piperazine rings is 1. The predicted molar refractivity (Wildman–Crippen MR) is 124 cm³/mol. The van der Waals surface area contributed by atoms with Crippen molar-refractivity contribution in [2.45, 2.75) is 6.92 Å². The fraction of sp³-hybridized carbons (Fsp3) is 0.333. The summed E-state index contributed by atoms with van der Waals surface area (Å²) in [5.41, 5.74) is 2.72. The average molecular weight is 447 g/mol. The lowest BCUT2D eigenvalue weighted by Gasteiger charge is -2.36. The summed E-state index contributed by atoms with van der Waals surface area (Å²) in [7, 11) is 0. The number of ether oxygens (including phenoxy) is 1. The molecule has 1 saturated heterocycles. The second kappa shape index (κ2) is 9.71. The van der Waals surface area contributed by atoms with Crippen LogP contribution in [0.4, 0.5) is 5.82 Å². The monoisotopic (exact) mass is 446 g/mol. The Hall–Kier alpha value is -3.90. The number of amides is 1. The molecule has 1 aliphatic rings. The highest BCUT2D eigenvalue weighted by Crippen LogP contribution is 2.31. The normalized spacial score (nSPS) is 14.7. The van der Waals surface area contributed by atoms with Crippen LogP contribution in [0, 0.1) is 17.2 Å². The summed E-state index contributed by atoms with van der Waals surface area (Å²) in [5, 5.41) is 22.8. The van der Waals surface area contributed by atoms with Gasteiger partial charge in [0.2, 0.25) is 5.91 Å². The summed E-state index contributed by atoms with van der Waals surface area (Å²) in [4.78, 5) is 21.0. The van der Waals surface area contributed by atoms with Crippen LogP contribution in [0.5, 0.6) is 5.75 Å². The summed E-state index contributed by atoms with van der Waals surface area (Å²) in [5.74, 6) is 1.30. The SMILES string of the molecule is C=CC(C)C(=O)N1CCN(c2ccc(-c3cc(OCCO)cn4ncc(C#N)c34)cn2)CC1. The number of fused-ring (bicyclic) bond motifs is 1. The Bertz CT molecular complexity index is 1190. The molecule has 0 aliphatic carbocycles. The van der Waals surface area contributed by atoms with Crippen LogP contribution in [0.3, 0.4) is 0 Å². The van der Waals surface area contributed by atoms with Crippen LogP contribution >= 0.6 is 0 Å². The maximum Gasteiger partial charge on any atom is 0.229 e. The first-order valence-electron chi connectivity index (χ1n) is 10.8. The van der Waals surface area contributed by atoms with Crippen molar-refractivity contribution in [1.82, 2.24) is 19.5 Å². The Morgan fingerprint density at radius 3 is 2.76 bits per heavy atom. The summed E-state index contributed by atoms with van der Waals surface area (Å²) in [6, 6.07) is 7.91. The smallest absolute Gasteiger partial charge is 0.229 e. The van der Waals surface area contributed by atoms with Gasteiger partial charge in [-0.3, -0.25) is 4.79 Å². The summed E-state index contributed by atoms with van der Waals surface area (Å²) in [6.07, 6.45) is 6.65. The van der Waals surface area contributed by atoms with Gasteiger partial charge in [0, 0.05) is 43.5 Å². The van der Waals surface area contributed by atoms with Crippen molar-refractivity contribution < 1.29 is 14.6 Å². The number of aromatic nitrogens is 3. The van der Waals surface area contributed by atoms with Crippen LogP contribution in [0.1, 0.15) is 12.5 Å². The molecule has 0 aromatic carbocycles. The number of anilines is 1. The molecule has 170 valence electrons. The Labute approximate surface area is 192 Å².